The summed E-state index contributed by atoms with van der Waals surface area (Å²) in [5, 5.41) is 4.08. The van der Waals surface area contributed by atoms with Crippen LogP contribution in [0, 0.1) is 11.3 Å². The van der Waals surface area contributed by atoms with Gasteiger partial charge in [-0.1, -0.05) is 0 Å². The first-order valence-corrected chi connectivity index (χ1v) is 7.02. The second-order valence-corrected chi connectivity index (χ2v) is 6.34. The fourth-order valence-electron chi connectivity index (χ4n) is 3.59. The number of ether oxygens (including phenoxy) is 1. The van der Waals surface area contributed by atoms with E-state index in [1.165, 1.54) is 0 Å². The first kappa shape index (κ1) is 13.6. The van der Waals surface area contributed by atoms with E-state index >= 15 is 0 Å². The maximum Gasteiger partial charge on any atom is 0.272 e. The van der Waals surface area contributed by atoms with Gasteiger partial charge in [0.15, 0.2) is 0 Å². The van der Waals surface area contributed by atoms with E-state index in [0.717, 1.165) is 32.8 Å². The molecule has 0 saturated carbocycles. The predicted octanol–water partition coefficient (Wildman–Crippen LogP) is 0.0703. The van der Waals surface area contributed by atoms with Crippen molar-refractivity contribution in [1.29, 1.82) is 0 Å². The lowest BCUT2D eigenvalue weighted by molar-refractivity contribution is 0.0687. The van der Waals surface area contributed by atoms with Crippen LogP contribution in [0.5, 0.6) is 0 Å². The van der Waals surface area contributed by atoms with Crippen molar-refractivity contribution in [2.24, 2.45) is 18.4 Å². The molecule has 0 bridgehead atoms. The summed E-state index contributed by atoms with van der Waals surface area (Å²) in [4.78, 5) is 16.8. The largest absolute Gasteiger partial charge is 0.380 e. The highest BCUT2D eigenvalue weighted by atomic mass is 16.5. The van der Waals surface area contributed by atoms with Crippen molar-refractivity contribution in [3.8, 4) is 0 Å². The topological polar surface area (TPSA) is 50.6 Å². The number of hydrogen-bond acceptors (Lipinski definition) is 4. The molecule has 2 aliphatic rings. The van der Waals surface area contributed by atoms with Crippen LogP contribution >= 0.6 is 0 Å². The molecule has 6 nitrogen and oxygen atoms in total. The third-order valence-corrected chi connectivity index (χ3v) is 4.48. The third kappa shape index (κ3) is 2.13. The lowest BCUT2D eigenvalue weighted by atomic mass is 9.81. The van der Waals surface area contributed by atoms with Gasteiger partial charge in [0.2, 0.25) is 0 Å². The highest BCUT2D eigenvalue weighted by Gasteiger charge is 2.52. The van der Waals surface area contributed by atoms with E-state index in [0.29, 0.717) is 11.6 Å². The Balaban J connectivity index is 1.79. The van der Waals surface area contributed by atoms with Crippen LogP contribution in [-0.4, -0.2) is 72.4 Å². The van der Waals surface area contributed by atoms with Crippen LogP contribution < -0.4 is 0 Å². The fourth-order valence-corrected chi connectivity index (χ4v) is 3.59. The number of nitrogens with zero attached hydrogens (tertiary/aromatic N) is 4. The standard InChI is InChI=1S/C14H22N4O2/c1-16(2)8-14-9-18(6-11(14)7-20-10-14)13(19)12-4-5-15-17(12)3/h4-5,11H,6-10H2,1-3H3/t11-,14+/m1/s1. The number of fused-ring (bicyclic) bond motifs is 1. The first-order chi connectivity index (χ1) is 9.52. The van der Waals surface area contributed by atoms with Crippen LogP contribution in [0.15, 0.2) is 12.3 Å². The van der Waals surface area contributed by atoms with Gasteiger partial charge in [0.25, 0.3) is 5.91 Å². The number of rotatable bonds is 3. The molecule has 2 saturated heterocycles. The number of hydrogen-bond donors (Lipinski definition) is 0. The van der Waals surface area contributed by atoms with E-state index in [1.807, 2.05) is 11.9 Å². The minimum absolute atomic E-state index is 0.0810. The zero-order chi connectivity index (χ0) is 14.3. The maximum atomic E-state index is 12.6. The van der Waals surface area contributed by atoms with Crippen molar-refractivity contribution in [3.05, 3.63) is 18.0 Å². The van der Waals surface area contributed by atoms with Crippen molar-refractivity contribution < 1.29 is 9.53 Å². The van der Waals surface area contributed by atoms with Crippen LogP contribution in [0.3, 0.4) is 0 Å². The van der Waals surface area contributed by atoms with Gasteiger partial charge < -0.3 is 14.5 Å². The van der Waals surface area contributed by atoms with Crippen molar-refractivity contribution in [3.63, 3.8) is 0 Å². The Morgan fingerprint density at radius 1 is 1.60 bits per heavy atom. The minimum Gasteiger partial charge on any atom is -0.380 e. The molecule has 0 N–H and O–H groups in total. The average Bonchev–Trinajstić information content (AvgIpc) is 3.00. The lowest BCUT2D eigenvalue weighted by Crippen LogP contribution is -2.41. The molecule has 0 radical (unpaired) electrons. The number of likely N-dealkylation sites (tertiary alicyclic amines) is 1. The predicted molar refractivity (Wildman–Crippen MR) is 74.4 cm³/mol. The third-order valence-electron chi connectivity index (χ3n) is 4.48. The van der Waals surface area contributed by atoms with Gasteiger partial charge in [-0.2, -0.15) is 5.10 Å². The van der Waals surface area contributed by atoms with E-state index in [1.54, 1.807) is 16.9 Å². The van der Waals surface area contributed by atoms with Gasteiger partial charge in [-0.15, -0.1) is 0 Å². The molecule has 2 fully saturated rings. The Morgan fingerprint density at radius 3 is 3.05 bits per heavy atom. The zero-order valence-corrected chi connectivity index (χ0v) is 12.4. The van der Waals surface area contributed by atoms with Crippen LogP contribution in [0.1, 0.15) is 10.5 Å². The molecule has 0 spiro atoms. The summed E-state index contributed by atoms with van der Waals surface area (Å²) in [7, 11) is 5.97. The van der Waals surface area contributed by atoms with Crippen molar-refractivity contribution >= 4 is 5.91 Å². The quantitative estimate of drug-likeness (QED) is 0.785. The van der Waals surface area contributed by atoms with Gasteiger partial charge in [-0.3, -0.25) is 9.48 Å². The van der Waals surface area contributed by atoms with E-state index in [9.17, 15) is 4.79 Å². The summed E-state index contributed by atoms with van der Waals surface area (Å²) < 4.78 is 7.32. The molecule has 2 aliphatic heterocycles. The number of aromatic nitrogens is 2. The van der Waals surface area contributed by atoms with Crippen LogP contribution in [-0.2, 0) is 11.8 Å². The smallest absolute Gasteiger partial charge is 0.272 e. The molecular formula is C14H22N4O2. The molecule has 110 valence electrons. The monoisotopic (exact) mass is 278 g/mol. The van der Waals surface area contributed by atoms with E-state index < -0.39 is 0 Å². The van der Waals surface area contributed by atoms with Gasteiger partial charge in [0.05, 0.1) is 13.2 Å². The minimum atomic E-state index is 0.0810. The zero-order valence-electron chi connectivity index (χ0n) is 12.4. The highest BCUT2D eigenvalue weighted by Crippen LogP contribution is 2.42. The van der Waals surface area contributed by atoms with Gasteiger partial charge in [-0.25, -0.2) is 0 Å². The number of carbonyl (C=O) groups excluding carboxylic acids is 1. The summed E-state index contributed by atoms with van der Waals surface area (Å²) in [5.74, 6) is 0.527. The Kier molecular flexibility index (Phi) is 3.30. The van der Waals surface area contributed by atoms with E-state index in [4.69, 9.17) is 4.74 Å². The van der Waals surface area contributed by atoms with Crippen LogP contribution in [0.25, 0.3) is 0 Å². The van der Waals surface area contributed by atoms with E-state index in [2.05, 4.69) is 24.1 Å². The summed E-state index contributed by atoms with van der Waals surface area (Å²) in [5.41, 5.74) is 0.753. The Hall–Kier alpha value is -1.40. The summed E-state index contributed by atoms with van der Waals surface area (Å²) in [6, 6.07) is 1.78. The number of amides is 1. The molecule has 2 atom stereocenters. The normalized spacial score (nSPS) is 29.2. The van der Waals surface area contributed by atoms with Crippen LogP contribution in [0.4, 0.5) is 0 Å². The summed E-state index contributed by atoms with van der Waals surface area (Å²) >= 11 is 0. The molecule has 0 unspecified atom stereocenters. The Labute approximate surface area is 119 Å². The fraction of sp³-hybridized carbons (Fsp3) is 0.714. The summed E-state index contributed by atoms with van der Waals surface area (Å²) in [6.07, 6.45) is 1.67. The molecule has 1 aromatic heterocycles. The number of carbonyl (C=O) groups is 1. The molecule has 1 aromatic rings. The second kappa shape index (κ2) is 4.86. The number of aryl methyl sites for hydroxylation is 1. The van der Waals surface area contributed by atoms with Crippen molar-refractivity contribution in [2.75, 3.05) is 46.9 Å². The van der Waals surface area contributed by atoms with Crippen molar-refractivity contribution in [2.45, 2.75) is 0 Å². The SMILES string of the molecule is CN(C)C[C@]12COC[C@H]1CN(C(=O)c1ccnn1C)C2. The van der Waals surface area contributed by atoms with E-state index in [-0.39, 0.29) is 11.3 Å². The molecule has 0 aromatic carbocycles. The molecule has 6 heteroatoms. The Bertz CT molecular complexity index is 513. The maximum absolute atomic E-state index is 12.6. The summed E-state index contributed by atoms with van der Waals surface area (Å²) in [6.45, 7) is 4.05. The Morgan fingerprint density at radius 2 is 2.40 bits per heavy atom. The second-order valence-electron chi connectivity index (χ2n) is 6.34. The van der Waals surface area contributed by atoms with Gasteiger partial charge >= 0.3 is 0 Å². The molecule has 20 heavy (non-hydrogen) atoms. The van der Waals surface area contributed by atoms with Gasteiger partial charge in [0.1, 0.15) is 5.69 Å². The first-order valence-electron chi connectivity index (χ1n) is 7.02. The molecule has 1 amide bonds. The molecule has 0 aliphatic carbocycles. The van der Waals surface area contributed by atoms with Crippen LogP contribution in [0.2, 0.25) is 0 Å². The molecular weight excluding hydrogens is 256 g/mol. The molecule has 3 rings (SSSR count). The van der Waals surface area contributed by atoms with Gasteiger partial charge in [-0.05, 0) is 20.2 Å². The lowest BCUT2D eigenvalue weighted by Gasteiger charge is -2.30. The van der Waals surface area contributed by atoms with Gasteiger partial charge in [0, 0.05) is 44.2 Å². The average molecular weight is 278 g/mol. The highest BCUT2D eigenvalue weighted by molar-refractivity contribution is 5.92. The molecule has 3 heterocycles. The van der Waals surface area contributed by atoms with Crippen molar-refractivity contribution in [1.82, 2.24) is 19.6 Å².